The van der Waals surface area contributed by atoms with Crippen molar-refractivity contribution in [1.29, 1.82) is 21.6 Å². The van der Waals surface area contributed by atoms with Gasteiger partial charge in [0, 0.05) is 41.6 Å². The molecule has 2 rings (SSSR count). The van der Waals surface area contributed by atoms with Gasteiger partial charge in [-0.1, -0.05) is 36.0 Å². The van der Waals surface area contributed by atoms with Crippen molar-refractivity contribution in [2.75, 3.05) is 30.8 Å². The van der Waals surface area contributed by atoms with Crippen molar-refractivity contribution in [3.8, 4) is 0 Å². The second kappa shape index (κ2) is 17.8. The molecular weight excluding hydrogens is 503 g/mol. The first-order chi connectivity index (χ1) is 17.3. The van der Waals surface area contributed by atoms with E-state index in [1.807, 2.05) is 0 Å². The Bertz CT molecular complexity index is 888. The number of guanidine groups is 4. The van der Waals surface area contributed by atoms with Gasteiger partial charge >= 0.3 is 0 Å². The Hall–Kier alpha value is -3.54. The predicted octanol–water partition coefficient (Wildman–Crippen LogP) is 3.78. The van der Waals surface area contributed by atoms with Gasteiger partial charge in [0.1, 0.15) is 0 Å². The molecule has 0 aromatic heterocycles. The van der Waals surface area contributed by atoms with Crippen molar-refractivity contribution in [2.24, 2.45) is 0 Å². The van der Waals surface area contributed by atoms with E-state index in [0.717, 1.165) is 32.8 Å². The summed E-state index contributed by atoms with van der Waals surface area (Å²) < 4.78 is 0. The minimum absolute atomic E-state index is 0.00148. The SMILES string of the molecule is CO.N=C(NCCCCCCNC(=N)NC(=N)Nc1ccc(Cl)cc1)NC(=N)Nc1ccc(Cl)cc1. The van der Waals surface area contributed by atoms with Crippen LogP contribution in [0.4, 0.5) is 11.4 Å². The molecule has 0 aliphatic rings. The van der Waals surface area contributed by atoms with Crippen molar-refractivity contribution < 1.29 is 5.11 Å². The molecule has 0 spiro atoms. The van der Waals surface area contributed by atoms with E-state index in [9.17, 15) is 0 Å². The highest BCUT2D eigenvalue weighted by Gasteiger charge is 2.03. The molecule has 2 aromatic carbocycles. The van der Waals surface area contributed by atoms with Crippen molar-refractivity contribution in [3.63, 3.8) is 0 Å². The fraction of sp³-hybridized carbons (Fsp3) is 0.304. The highest BCUT2D eigenvalue weighted by Crippen LogP contribution is 2.13. The smallest absolute Gasteiger partial charge is 0.199 e. The van der Waals surface area contributed by atoms with Crippen LogP contribution in [0.2, 0.25) is 10.0 Å². The first-order valence-electron chi connectivity index (χ1n) is 11.2. The molecule has 0 fully saturated rings. The van der Waals surface area contributed by atoms with E-state index >= 15 is 0 Å². The average molecular weight is 538 g/mol. The summed E-state index contributed by atoms with van der Waals surface area (Å²) in [6, 6.07) is 13.9. The molecule has 0 aliphatic carbocycles. The van der Waals surface area contributed by atoms with E-state index in [4.69, 9.17) is 49.9 Å². The molecule has 36 heavy (non-hydrogen) atoms. The second-order valence-electron chi connectivity index (χ2n) is 7.28. The van der Waals surface area contributed by atoms with Crippen molar-refractivity contribution in [2.45, 2.75) is 25.7 Å². The number of unbranched alkanes of at least 4 members (excludes halogenated alkanes) is 3. The van der Waals surface area contributed by atoms with Crippen LogP contribution in [-0.4, -0.2) is 49.1 Å². The lowest BCUT2D eigenvalue weighted by Crippen LogP contribution is -2.43. The molecule has 0 radical (unpaired) electrons. The molecule has 0 heterocycles. The summed E-state index contributed by atoms with van der Waals surface area (Å²) >= 11 is 11.7. The average Bonchev–Trinajstić information content (AvgIpc) is 2.84. The Labute approximate surface area is 221 Å². The van der Waals surface area contributed by atoms with E-state index in [0.29, 0.717) is 34.5 Å². The van der Waals surface area contributed by atoms with Crippen LogP contribution >= 0.6 is 23.2 Å². The van der Waals surface area contributed by atoms with Crippen LogP contribution in [0.5, 0.6) is 0 Å². The third-order valence-corrected chi connectivity index (χ3v) is 4.94. The first kappa shape index (κ1) is 30.5. The fourth-order valence-electron chi connectivity index (χ4n) is 2.79. The number of aliphatic hydroxyl groups is 1. The number of rotatable bonds is 9. The van der Waals surface area contributed by atoms with Gasteiger partial charge in [0.2, 0.25) is 0 Å². The molecule has 11 N–H and O–H groups in total. The molecule has 0 atom stereocenters. The lowest BCUT2D eigenvalue weighted by Gasteiger charge is -2.13. The fourth-order valence-corrected chi connectivity index (χ4v) is 3.04. The van der Waals surface area contributed by atoms with Gasteiger partial charge in [0.15, 0.2) is 23.8 Å². The maximum absolute atomic E-state index is 7.86. The Morgan fingerprint density at radius 2 is 0.917 bits per heavy atom. The van der Waals surface area contributed by atoms with Crippen LogP contribution in [0.15, 0.2) is 48.5 Å². The molecule has 0 amide bonds. The molecule has 0 aliphatic heterocycles. The molecule has 2 aromatic rings. The lowest BCUT2D eigenvalue weighted by atomic mass is 10.2. The molecule has 0 bridgehead atoms. The van der Waals surface area contributed by atoms with E-state index in [1.165, 1.54) is 0 Å². The van der Waals surface area contributed by atoms with Gasteiger partial charge in [-0.3, -0.25) is 32.3 Å². The number of nitrogens with one attached hydrogen (secondary N) is 10. The third kappa shape index (κ3) is 14.0. The van der Waals surface area contributed by atoms with Gasteiger partial charge < -0.3 is 26.4 Å². The van der Waals surface area contributed by atoms with Crippen LogP contribution < -0.4 is 31.9 Å². The molecule has 11 nitrogen and oxygen atoms in total. The van der Waals surface area contributed by atoms with Gasteiger partial charge in [-0.2, -0.15) is 0 Å². The van der Waals surface area contributed by atoms with Crippen LogP contribution in [0.1, 0.15) is 25.7 Å². The lowest BCUT2D eigenvalue weighted by molar-refractivity contribution is 0.399. The predicted molar refractivity (Wildman–Crippen MR) is 150 cm³/mol. The first-order valence-corrected chi connectivity index (χ1v) is 11.9. The Morgan fingerprint density at radius 3 is 1.25 bits per heavy atom. The maximum Gasteiger partial charge on any atom is 0.199 e. The normalized spacial score (nSPS) is 9.67. The summed E-state index contributed by atoms with van der Waals surface area (Å²) in [5, 5.41) is 56.5. The largest absolute Gasteiger partial charge is 0.400 e. The zero-order chi connectivity index (χ0) is 26.8. The van der Waals surface area contributed by atoms with Crippen molar-refractivity contribution in [1.82, 2.24) is 21.3 Å². The molecule has 0 unspecified atom stereocenters. The summed E-state index contributed by atoms with van der Waals surface area (Å²) in [7, 11) is 1.00. The van der Waals surface area contributed by atoms with Crippen LogP contribution in [0, 0.1) is 21.6 Å². The zero-order valence-electron chi connectivity index (χ0n) is 20.1. The quantitative estimate of drug-likeness (QED) is 0.130. The number of aliphatic hydroxyl groups excluding tert-OH is 1. The number of hydrogen-bond donors (Lipinski definition) is 11. The van der Waals surface area contributed by atoms with Gasteiger partial charge in [-0.15, -0.1) is 0 Å². The van der Waals surface area contributed by atoms with E-state index < -0.39 is 0 Å². The number of benzene rings is 2. The minimum atomic E-state index is -0.00148. The second-order valence-corrected chi connectivity index (χ2v) is 8.15. The Kier molecular flexibility index (Phi) is 15.1. The standard InChI is InChI=1S/C22H30Cl2N10.CH4O/c23-15-5-9-17(10-6-15)31-21(27)33-19(25)29-13-3-1-2-4-14-30-20(26)34-22(28)32-18-11-7-16(24)8-12-18;1-2/h5-12H,1-4,13-14H2,(H5,25,27,29,31,33)(H5,26,28,30,32,34);2H,1H3. The van der Waals surface area contributed by atoms with Gasteiger partial charge in [-0.25, -0.2) is 0 Å². The number of hydrogen-bond acceptors (Lipinski definition) is 5. The molecule has 0 saturated heterocycles. The van der Waals surface area contributed by atoms with Crippen LogP contribution in [-0.2, 0) is 0 Å². The van der Waals surface area contributed by atoms with Gasteiger partial charge in [0.05, 0.1) is 0 Å². The monoisotopic (exact) mass is 536 g/mol. The highest BCUT2D eigenvalue weighted by atomic mass is 35.5. The number of anilines is 2. The molecule has 0 saturated carbocycles. The van der Waals surface area contributed by atoms with Crippen molar-refractivity contribution in [3.05, 3.63) is 58.6 Å². The van der Waals surface area contributed by atoms with Gasteiger partial charge in [0.25, 0.3) is 0 Å². The van der Waals surface area contributed by atoms with Crippen LogP contribution in [0.3, 0.4) is 0 Å². The van der Waals surface area contributed by atoms with Crippen molar-refractivity contribution >= 4 is 58.4 Å². The third-order valence-electron chi connectivity index (χ3n) is 4.43. The van der Waals surface area contributed by atoms with E-state index in [2.05, 4.69) is 31.9 Å². The summed E-state index contributed by atoms with van der Waals surface area (Å²) in [6.45, 7) is 1.25. The van der Waals surface area contributed by atoms with Gasteiger partial charge in [-0.05, 0) is 61.4 Å². The van der Waals surface area contributed by atoms with E-state index in [-0.39, 0.29) is 23.8 Å². The summed E-state index contributed by atoms with van der Waals surface area (Å²) in [5.41, 5.74) is 1.42. The minimum Gasteiger partial charge on any atom is -0.400 e. The highest BCUT2D eigenvalue weighted by molar-refractivity contribution is 6.31. The zero-order valence-corrected chi connectivity index (χ0v) is 21.6. The molecular formula is C23H34Cl2N10O. The summed E-state index contributed by atoms with van der Waals surface area (Å²) in [6.07, 6.45) is 3.70. The van der Waals surface area contributed by atoms with E-state index in [1.54, 1.807) is 48.5 Å². The maximum atomic E-state index is 7.86. The Morgan fingerprint density at radius 1 is 0.583 bits per heavy atom. The summed E-state index contributed by atoms with van der Waals surface area (Å²) in [4.78, 5) is 0. The summed E-state index contributed by atoms with van der Waals surface area (Å²) in [5.74, 6) is 0.112. The number of halogens is 2. The molecule has 196 valence electrons. The topological polar surface area (TPSA) is 188 Å². The molecule has 13 heteroatoms. The van der Waals surface area contributed by atoms with Crippen LogP contribution in [0.25, 0.3) is 0 Å². The Balaban J connectivity index is 0.00000316.